The van der Waals surface area contributed by atoms with Gasteiger partial charge in [-0.25, -0.2) is 0 Å². The van der Waals surface area contributed by atoms with Crippen LogP contribution in [0.15, 0.2) is 60.8 Å². The third-order valence-corrected chi connectivity index (χ3v) is 10.5. The van der Waals surface area contributed by atoms with Crippen molar-refractivity contribution in [3.05, 3.63) is 60.8 Å². The van der Waals surface area contributed by atoms with Crippen LogP contribution in [-0.2, 0) is 28.6 Å². The molecule has 6 heteroatoms. The number of carbonyl (C=O) groups excluding carboxylic acids is 3. The summed E-state index contributed by atoms with van der Waals surface area (Å²) in [5.41, 5.74) is 0. The molecule has 0 aromatic heterocycles. The van der Waals surface area contributed by atoms with Crippen molar-refractivity contribution >= 4 is 17.9 Å². The maximum atomic E-state index is 12.8. The van der Waals surface area contributed by atoms with Crippen LogP contribution in [0.5, 0.6) is 0 Å². The average Bonchev–Trinajstić information content (AvgIpc) is 3.23. The van der Waals surface area contributed by atoms with Gasteiger partial charge in [0.05, 0.1) is 0 Å². The van der Waals surface area contributed by atoms with Crippen molar-refractivity contribution in [2.24, 2.45) is 0 Å². The molecular formula is C53H92O6. The number of hydrogen-bond donors (Lipinski definition) is 0. The van der Waals surface area contributed by atoms with E-state index >= 15 is 0 Å². The van der Waals surface area contributed by atoms with E-state index in [4.69, 9.17) is 14.2 Å². The lowest BCUT2D eigenvalue weighted by atomic mass is 10.0. The molecule has 0 saturated carbocycles. The number of ether oxygens (including phenoxy) is 3. The summed E-state index contributed by atoms with van der Waals surface area (Å²) in [6.45, 7) is 6.39. The van der Waals surface area contributed by atoms with E-state index in [9.17, 15) is 14.4 Å². The molecule has 1 atom stereocenters. The van der Waals surface area contributed by atoms with Crippen LogP contribution in [0, 0.1) is 0 Å². The minimum atomic E-state index is -0.784. The number of hydrogen-bond acceptors (Lipinski definition) is 6. The van der Waals surface area contributed by atoms with E-state index in [0.29, 0.717) is 19.3 Å². The molecule has 0 fully saturated rings. The van der Waals surface area contributed by atoms with E-state index in [0.717, 1.165) is 109 Å². The fourth-order valence-electron chi connectivity index (χ4n) is 6.85. The fraction of sp³-hybridized carbons (Fsp3) is 0.755. The lowest BCUT2D eigenvalue weighted by molar-refractivity contribution is -0.167. The van der Waals surface area contributed by atoms with E-state index in [1.807, 2.05) is 0 Å². The highest BCUT2D eigenvalue weighted by Crippen LogP contribution is 2.15. The first-order chi connectivity index (χ1) is 29.0. The van der Waals surface area contributed by atoms with Crippen molar-refractivity contribution in [1.82, 2.24) is 0 Å². The Hall–Kier alpha value is -2.89. The predicted molar refractivity (Wildman–Crippen MR) is 251 cm³/mol. The zero-order valence-electron chi connectivity index (χ0n) is 38.8. The summed E-state index contributed by atoms with van der Waals surface area (Å²) in [5, 5.41) is 0. The molecule has 6 nitrogen and oxygen atoms in total. The maximum Gasteiger partial charge on any atom is 0.306 e. The van der Waals surface area contributed by atoms with Crippen LogP contribution in [0.4, 0.5) is 0 Å². The van der Waals surface area contributed by atoms with E-state index in [2.05, 4.69) is 81.5 Å². The van der Waals surface area contributed by atoms with Gasteiger partial charge in [-0.15, -0.1) is 0 Å². The number of allylic oxidation sites excluding steroid dienone is 10. The summed E-state index contributed by atoms with van der Waals surface area (Å²) in [4.78, 5) is 37.9. The van der Waals surface area contributed by atoms with Gasteiger partial charge in [-0.05, 0) is 77.0 Å². The summed E-state index contributed by atoms with van der Waals surface area (Å²) in [7, 11) is 0. The molecule has 0 aliphatic carbocycles. The molecule has 1 unspecified atom stereocenters. The van der Waals surface area contributed by atoms with Gasteiger partial charge in [0.25, 0.3) is 0 Å². The molecule has 0 aromatic rings. The Morgan fingerprint density at radius 1 is 0.356 bits per heavy atom. The van der Waals surface area contributed by atoms with E-state index in [-0.39, 0.29) is 31.1 Å². The topological polar surface area (TPSA) is 78.9 Å². The molecule has 0 aliphatic heterocycles. The van der Waals surface area contributed by atoms with Gasteiger partial charge in [0.15, 0.2) is 6.10 Å². The second-order valence-electron chi connectivity index (χ2n) is 16.3. The average molecular weight is 825 g/mol. The first-order valence-corrected chi connectivity index (χ1v) is 24.8. The molecule has 0 N–H and O–H groups in total. The van der Waals surface area contributed by atoms with Crippen molar-refractivity contribution in [3.8, 4) is 0 Å². The van der Waals surface area contributed by atoms with Gasteiger partial charge in [-0.1, -0.05) is 204 Å². The van der Waals surface area contributed by atoms with Gasteiger partial charge in [-0.3, -0.25) is 14.4 Å². The third-order valence-electron chi connectivity index (χ3n) is 10.5. The summed E-state index contributed by atoms with van der Waals surface area (Å²) in [5.74, 6) is -0.912. The molecule has 0 heterocycles. The summed E-state index contributed by atoms with van der Waals surface area (Å²) < 4.78 is 16.8. The van der Waals surface area contributed by atoms with Crippen molar-refractivity contribution in [3.63, 3.8) is 0 Å². The van der Waals surface area contributed by atoms with Crippen LogP contribution >= 0.6 is 0 Å². The molecule has 0 aliphatic rings. The maximum absolute atomic E-state index is 12.8. The van der Waals surface area contributed by atoms with Crippen LogP contribution < -0.4 is 0 Å². The van der Waals surface area contributed by atoms with Crippen molar-refractivity contribution in [1.29, 1.82) is 0 Å². The molecule has 0 bridgehead atoms. The first kappa shape index (κ1) is 56.1. The molecule has 340 valence electrons. The second kappa shape index (κ2) is 47.8. The van der Waals surface area contributed by atoms with Crippen LogP contribution in [0.3, 0.4) is 0 Å². The molecule has 0 aromatic carbocycles. The van der Waals surface area contributed by atoms with Gasteiger partial charge in [0, 0.05) is 19.3 Å². The highest BCUT2D eigenvalue weighted by Gasteiger charge is 2.19. The summed E-state index contributed by atoms with van der Waals surface area (Å²) in [6.07, 6.45) is 57.7. The van der Waals surface area contributed by atoms with Crippen molar-refractivity contribution < 1.29 is 28.6 Å². The molecule has 0 spiro atoms. The van der Waals surface area contributed by atoms with Gasteiger partial charge in [0.1, 0.15) is 13.2 Å². The Morgan fingerprint density at radius 2 is 0.661 bits per heavy atom. The van der Waals surface area contributed by atoms with Crippen molar-refractivity contribution in [2.75, 3.05) is 13.2 Å². The first-order valence-electron chi connectivity index (χ1n) is 24.8. The van der Waals surface area contributed by atoms with E-state index in [1.54, 1.807) is 0 Å². The Balaban J connectivity index is 4.41. The Bertz CT molecular complexity index is 1090. The summed E-state index contributed by atoms with van der Waals surface area (Å²) >= 11 is 0. The highest BCUT2D eigenvalue weighted by molar-refractivity contribution is 5.71. The monoisotopic (exact) mass is 825 g/mol. The molecular weight excluding hydrogens is 733 g/mol. The van der Waals surface area contributed by atoms with Crippen LogP contribution in [0.25, 0.3) is 0 Å². The Kier molecular flexibility index (Phi) is 45.4. The fourth-order valence-corrected chi connectivity index (χ4v) is 6.85. The number of rotatable bonds is 44. The molecule has 0 saturated heterocycles. The second-order valence-corrected chi connectivity index (χ2v) is 16.3. The van der Waals surface area contributed by atoms with Crippen LogP contribution in [0.1, 0.15) is 239 Å². The number of esters is 3. The van der Waals surface area contributed by atoms with Gasteiger partial charge in [0.2, 0.25) is 0 Å². The molecule has 0 radical (unpaired) electrons. The minimum absolute atomic E-state index is 0.0832. The molecule has 0 rings (SSSR count). The SMILES string of the molecule is CC/C=C\C/C=C\C/C=C\CCCCCCC(=O)OCC(COC(=O)CCCCCCCCCCCCCCC)OC(=O)CCCCCCCCC/C=C\C/C=C\CC. The van der Waals surface area contributed by atoms with Gasteiger partial charge >= 0.3 is 17.9 Å². The zero-order valence-corrected chi connectivity index (χ0v) is 38.8. The smallest absolute Gasteiger partial charge is 0.306 e. The van der Waals surface area contributed by atoms with Gasteiger partial charge in [-0.2, -0.15) is 0 Å². The molecule has 0 amide bonds. The Labute approximate surface area is 364 Å². The van der Waals surface area contributed by atoms with Gasteiger partial charge < -0.3 is 14.2 Å². The highest BCUT2D eigenvalue weighted by atomic mass is 16.6. The van der Waals surface area contributed by atoms with E-state index < -0.39 is 6.10 Å². The van der Waals surface area contributed by atoms with Crippen molar-refractivity contribution in [2.45, 2.75) is 245 Å². The third kappa shape index (κ3) is 46.0. The van der Waals surface area contributed by atoms with Crippen LogP contribution in [-0.4, -0.2) is 37.2 Å². The number of unbranched alkanes of at least 4 members (excludes halogenated alkanes) is 23. The quantitative estimate of drug-likeness (QED) is 0.0263. The lowest BCUT2D eigenvalue weighted by Crippen LogP contribution is -2.30. The summed E-state index contributed by atoms with van der Waals surface area (Å²) in [6, 6.07) is 0. The molecule has 59 heavy (non-hydrogen) atoms. The lowest BCUT2D eigenvalue weighted by Gasteiger charge is -2.18. The van der Waals surface area contributed by atoms with E-state index in [1.165, 1.54) is 89.9 Å². The predicted octanol–water partition coefficient (Wildman–Crippen LogP) is 16.1. The standard InChI is InChI=1S/C53H92O6/c1-4-7-10-13-16-19-22-25-28-31-34-37-40-43-46-52(55)58-49-50(48-57-51(54)45-42-39-36-33-30-27-24-21-18-15-12-9-6-3)59-53(56)47-44-41-38-35-32-29-26-23-20-17-14-11-8-5-2/h7-8,10-11,16-17,19-20,25,28,50H,4-6,9,12-15,18,21-24,26-27,29-49H2,1-3H3/b10-7-,11-8-,19-16-,20-17-,28-25-. The zero-order chi connectivity index (χ0) is 43.0. The van der Waals surface area contributed by atoms with Crippen LogP contribution in [0.2, 0.25) is 0 Å². The Morgan fingerprint density at radius 3 is 1.03 bits per heavy atom. The minimum Gasteiger partial charge on any atom is -0.462 e. The number of carbonyl (C=O) groups is 3. The largest absolute Gasteiger partial charge is 0.462 e. The normalized spacial score (nSPS) is 12.5.